The molecular weight excluding hydrogens is 134 g/mol. The Kier molecular flexibility index (Phi) is 2.24. The maximum Gasteiger partial charge on any atom is 0.334 e. The van der Waals surface area contributed by atoms with Crippen LogP contribution in [0.5, 0.6) is 0 Å². The lowest BCUT2D eigenvalue weighted by Gasteiger charge is -2.25. The van der Waals surface area contributed by atoms with Gasteiger partial charge in [0, 0.05) is 12.6 Å². The molecule has 1 saturated heterocycles. The van der Waals surface area contributed by atoms with Crippen LogP contribution in [0.15, 0.2) is 0 Å². The van der Waals surface area contributed by atoms with Gasteiger partial charge in [0.1, 0.15) is 0 Å². The zero-order valence-corrected chi connectivity index (χ0v) is 5.62. The van der Waals surface area contributed by atoms with Crippen molar-refractivity contribution < 1.29 is 14.6 Å². The molecule has 1 heterocycles. The highest BCUT2D eigenvalue weighted by molar-refractivity contribution is 5.73. The molecule has 0 aliphatic carbocycles. The Bertz CT molecular complexity index is 137. The summed E-state index contributed by atoms with van der Waals surface area (Å²) in [6.07, 6.45) is 0.829. The van der Waals surface area contributed by atoms with E-state index in [1.165, 1.54) is 0 Å². The molecule has 58 valence electrons. The molecule has 0 saturated carbocycles. The largest absolute Gasteiger partial charge is 0.479 e. The minimum atomic E-state index is -0.952. The van der Waals surface area contributed by atoms with E-state index in [1.807, 2.05) is 0 Å². The zero-order chi connectivity index (χ0) is 7.56. The van der Waals surface area contributed by atoms with Gasteiger partial charge in [0.15, 0.2) is 6.10 Å². The van der Waals surface area contributed by atoms with Crippen molar-refractivity contribution in [1.82, 2.24) is 0 Å². The molecule has 4 nitrogen and oxygen atoms in total. The summed E-state index contributed by atoms with van der Waals surface area (Å²) in [5.41, 5.74) is 5.47. The average molecular weight is 145 g/mol. The lowest BCUT2D eigenvalue weighted by Crippen LogP contribution is -2.45. The minimum Gasteiger partial charge on any atom is -0.479 e. The fourth-order valence-corrected chi connectivity index (χ4v) is 1.06. The molecule has 0 aromatic carbocycles. The first-order chi connectivity index (χ1) is 4.72. The number of aliphatic carboxylic acids is 1. The molecule has 1 aliphatic heterocycles. The second-order valence-corrected chi connectivity index (χ2v) is 2.44. The van der Waals surface area contributed by atoms with E-state index in [0.717, 1.165) is 12.8 Å². The summed E-state index contributed by atoms with van der Waals surface area (Å²) in [5, 5.41) is 8.50. The van der Waals surface area contributed by atoms with Crippen LogP contribution < -0.4 is 5.73 Å². The maximum atomic E-state index is 10.4. The molecule has 1 rings (SSSR count). The normalized spacial score (nSPS) is 33.7. The summed E-state index contributed by atoms with van der Waals surface area (Å²) in [4.78, 5) is 10.4. The summed E-state index contributed by atoms with van der Waals surface area (Å²) < 4.78 is 4.93. The summed E-state index contributed by atoms with van der Waals surface area (Å²) in [5.74, 6) is -0.952. The number of ether oxygens (including phenoxy) is 1. The summed E-state index contributed by atoms with van der Waals surface area (Å²) in [6.45, 7) is 0.519. The van der Waals surface area contributed by atoms with Crippen LogP contribution in [0.25, 0.3) is 0 Å². The Balaban J connectivity index is 2.47. The van der Waals surface area contributed by atoms with E-state index in [-0.39, 0.29) is 6.04 Å². The topological polar surface area (TPSA) is 72.5 Å². The van der Waals surface area contributed by atoms with Crippen molar-refractivity contribution in [2.45, 2.75) is 25.0 Å². The second-order valence-electron chi connectivity index (χ2n) is 2.44. The third-order valence-electron chi connectivity index (χ3n) is 1.61. The third kappa shape index (κ3) is 1.46. The molecule has 0 aromatic heterocycles. The van der Waals surface area contributed by atoms with Crippen LogP contribution in [0.1, 0.15) is 12.8 Å². The number of hydrogen-bond acceptors (Lipinski definition) is 3. The lowest BCUT2D eigenvalue weighted by atomic mass is 10.0. The van der Waals surface area contributed by atoms with Crippen molar-refractivity contribution >= 4 is 5.97 Å². The summed E-state index contributed by atoms with van der Waals surface area (Å²) in [6, 6.07) is -0.328. The van der Waals surface area contributed by atoms with Crippen molar-refractivity contribution in [2.24, 2.45) is 5.73 Å². The quantitative estimate of drug-likeness (QED) is 0.525. The predicted octanol–water partition coefficient (Wildman–Crippen LogP) is -0.423. The van der Waals surface area contributed by atoms with Crippen molar-refractivity contribution in [3.05, 3.63) is 0 Å². The van der Waals surface area contributed by atoms with Crippen LogP contribution in [-0.2, 0) is 9.53 Å². The van der Waals surface area contributed by atoms with Gasteiger partial charge in [0.05, 0.1) is 0 Å². The van der Waals surface area contributed by atoms with Gasteiger partial charge in [-0.25, -0.2) is 4.79 Å². The molecule has 0 amide bonds. The van der Waals surface area contributed by atoms with Gasteiger partial charge in [-0.3, -0.25) is 0 Å². The van der Waals surface area contributed by atoms with Crippen LogP contribution >= 0.6 is 0 Å². The maximum absolute atomic E-state index is 10.4. The van der Waals surface area contributed by atoms with Crippen molar-refractivity contribution in [2.75, 3.05) is 6.61 Å². The van der Waals surface area contributed by atoms with E-state index in [4.69, 9.17) is 15.6 Å². The third-order valence-corrected chi connectivity index (χ3v) is 1.61. The Morgan fingerprint density at radius 2 is 2.40 bits per heavy atom. The first kappa shape index (κ1) is 7.50. The molecular formula is C6H11NO3. The second kappa shape index (κ2) is 2.98. The Morgan fingerprint density at radius 3 is 2.80 bits per heavy atom. The monoisotopic (exact) mass is 145 g/mol. The van der Waals surface area contributed by atoms with E-state index >= 15 is 0 Å². The highest BCUT2D eigenvalue weighted by atomic mass is 16.5. The molecule has 4 heteroatoms. The highest BCUT2D eigenvalue weighted by Crippen LogP contribution is 2.11. The highest BCUT2D eigenvalue weighted by Gasteiger charge is 2.28. The first-order valence-electron chi connectivity index (χ1n) is 3.32. The fraction of sp³-hybridized carbons (Fsp3) is 0.833. The standard InChI is InChI=1S/C6H11NO3/c7-4-2-1-3-10-5(4)6(8)9/h4-5H,1-3,7H2,(H,8,9). The van der Waals surface area contributed by atoms with Crippen LogP contribution in [0.3, 0.4) is 0 Å². The molecule has 2 unspecified atom stereocenters. The number of carboxylic acids is 1. The van der Waals surface area contributed by atoms with Gasteiger partial charge in [0.25, 0.3) is 0 Å². The smallest absolute Gasteiger partial charge is 0.334 e. The van der Waals surface area contributed by atoms with E-state index in [0.29, 0.717) is 6.61 Å². The van der Waals surface area contributed by atoms with E-state index < -0.39 is 12.1 Å². The van der Waals surface area contributed by atoms with E-state index in [2.05, 4.69) is 0 Å². The molecule has 1 aliphatic rings. The van der Waals surface area contributed by atoms with Gasteiger partial charge in [-0.15, -0.1) is 0 Å². The molecule has 2 atom stereocenters. The first-order valence-corrected chi connectivity index (χ1v) is 3.32. The van der Waals surface area contributed by atoms with Gasteiger partial charge in [-0.2, -0.15) is 0 Å². The average Bonchev–Trinajstić information content (AvgIpc) is 1.88. The number of nitrogens with two attached hydrogens (primary N) is 1. The van der Waals surface area contributed by atoms with Gasteiger partial charge in [0.2, 0.25) is 0 Å². The number of carbonyl (C=O) groups is 1. The van der Waals surface area contributed by atoms with Gasteiger partial charge < -0.3 is 15.6 Å². The molecule has 1 fully saturated rings. The van der Waals surface area contributed by atoms with Gasteiger partial charge in [-0.1, -0.05) is 0 Å². The van der Waals surface area contributed by atoms with Crippen LogP contribution in [0, 0.1) is 0 Å². The van der Waals surface area contributed by atoms with E-state index in [9.17, 15) is 4.79 Å². The van der Waals surface area contributed by atoms with Crippen LogP contribution in [0.2, 0.25) is 0 Å². The van der Waals surface area contributed by atoms with Crippen molar-refractivity contribution in [1.29, 1.82) is 0 Å². The lowest BCUT2D eigenvalue weighted by molar-refractivity contribution is -0.154. The number of carboxylic acid groups (broad SMARTS) is 1. The Morgan fingerprint density at radius 1 is 1.70 bits per heavy atom. The molecule has 0 bridgehead atoms. The summed E-state index contributed by atoms with van der Waals surface area (Å²) in [7, 11) is 0. The number of hydrogen-bond donors (Lipinski definition) is 2. The van der Waals surface area contributed by atoms with Gasteiger partial charge in [-0.05, 0) is 12.8 Å². The fourth-order valence-electron chi connectivity index (χ4n) is 1.06. The molecule has 0 radical (unpaired) electrons. The minimum absolute atomic E-state index is 0.328. The van der Waals surface area contributed by atoms with Crippen LogP contribution in [-0.4, -0.2) is 29.8 Å². The summed E-state index contributed by atoms with van der Waals surface area (Å²) >= 11 is 0. The number of rotatable bonds is 1. The predicted molar refractivity (Wildman–Crippen MR) is 34.6 cm³/mol. The molecule has 0 spiro atoms. The Hall–Kier alpha value is -0.610. The van der Waals surface area contributed by atoms with E-state index in [1.54, 1.807) is 0 Å². The molecule has 0 aromatic rings. The molecule has 10 heavy (non-hydrogen) atoms. The van der Waals surface area contributed by atoms with Gasteiger partial charge >= 0.3 is 5.97 Å². The SMILES string of the molecule is NC1CCCOC1C(=O)O. The zero-order valence-electron chi connectivity index (χ0n) is 5.62. The van der Waals surface area contributed by atoms with Crippen LogP contribution in [0.4, 0.5) is 0 Å². The van der Waals surface area contributed by atoms with Crippen molar-refractivity contribution in [3.8, 4) is 0 Å². The van der Waals surface area contributed by atoms with Crippen molar-refractivity contribution in [3.63, 3.8) is 0 Å². The molecule has 3 N–H and O–H groups in total. The Labute approximate surface area is 59.0 Å².